The second kappa shape index (κ2) is 7.02. The quantitative estimate of drug-likeness (QED) is 0.746. The van der Waals surface area contributed by atoms with E-state index in [1.807, 2.05) is 11.3 Å². The predicted molar refractivity (Wildman–Crippen MR) is 69.6 cm³/mol. The molecule has 1 aromatic heterocycles. The third kappa shape index (κ3) is 5.33. The van der Waals surface area contributed by atoms with E-state index in [1.54, 1.807) is 0 Å². The van der Waals surface area contributed by atoms with Gasteiger partial charge in [-0.3, -0.25) is 0 Å². The molecule has 2 unspecified atom stereocenters. The molecule has 1 heterocycles. The second-order valence-electron chi connectivity index (χ2n) is 4.42. The van der Waals surface area contributed by atoms with Gasteiger partial charge in [-0.05, 0) is 50.1 Å². The summed E-state index contributed by atoms with van der Waals surface area (Å²) < 4.78 is 0. The van der Waals surface area contributed by atoms with Gasteiger partial charge in [0.05, 0.1) is 0 Å². The van der Waals surface area contributed by atoms with Gasteiger partial charge in [-0.2, -0.15) is 0 Å². The zero-order chi connectivity index (χ0) is 11.1. The highest BCUT2D eigenvalue weighted by molar-refractivity contribution is 7.09. The summed E-state index contributed by atoms with van der Waals surface area (Å²) in [6.45, 7) is 7.90. The summed E-state index contributed by atoms with van der Waals surface area (Å²) in [6, 6.07) is 5.05. The van der Waals surface area contributed by atoms with Gasteiger partial charge in [0.2, 0.25) is 0 Å². The van der Waals surface area contributed by atoms with Crippen molar-refractivity contribution in [3.8, 4) is 0 Å². The molecule has 1 N–H and O–H groups in total. The van der Waals surface area contributed by atoms with Crippen molar-refractivity contribution in [1.29, 1.82) is 0 Å². The smallest absolute Gasteiger partial charge is 0.00453 e. The van der Waals surface area contributed by atoms with E-state index < -0.39 is 0 Å². The van der Waals surface area contributed by atoms with Crippen LogP contribution in [-0.4, -0.2) is 12.6 Å². The molecule has 15 heavy (non-hydrogen) atoms. The van der Waals surface area contributed by atoms with Crippen molar-refractivity contribution in [1.82, 2.24) is 5.32 Å². The molecule has 1 aromatic rings. The first kappa shape index (κ1) is 12.7. The number of hydrogen-bond acceptors (Lipinski definition) is 2. The standard InChI is InChI=1S/C13H23NS/c1-4-14-12(3)10-11(2)7-8-13-6-5-9-15-13/h5-6,9,11-12,14H,4,7-8,10H2,1-3H3. The molecule has 0 amide bonds. The van der Waals surface area contributed by atoms with E-state index in [1.165, 1.54) is 24.1 Å². The summed E-state index contributed by atoms with van der Waals surface area (Å²) in [5.41, 5.74) is 0. The van der Waals surface area contributed by atoms with Crippen molar-refractivity contribution < 1.29 is 0 Å². The Balaban J connectivity index is 2.15. The molecule has 2 atom stereocenters. The fraction of sp³-hybridized carbons (Fsp3) is 0.692. The maximum Gasteiger partial charge on any atom is 0.00453 e. The highest BCUT2D eigenvalue weighted by Gasteiger charge is 2.07. The fourth-order valence-corrected chi connectivity index (χ4v) is 2.72. The van der Waals surface area contributed by atoms with Crippen LogP contribution in [-0.2, 0) is 6.42 Å². The van der Waals surface area contributed by atoms with E-state index in [0.717, 1.165) is 12.5 Å². The van der Waals surface area contributed by atoms with Crippen molar-refractivity contribution in [3.05, 3.63) is 22.4 Å². The van der Waals surface area contributed by atoms with Crippen LogP contribution in [0, 0.1) is 5.92 Å². The van der Waals surface area contributed by atoms with Gasteiger partial charge in [-0.1, -0.05) is 19.9 Å². The van der Waals surface area contributed by atoms with Crippen molar-refractivity contribution in [2.75, 3.05) is 6.54 Å². The minimum atomic E-state index is 0.660. The van der Waals surface area contributed by atoms with Gasteiger partial charge in [0.15, 0.2) is 0 Å². The van der Waals surface area contributed by atoms with Gasteiger partial charge >= 0.3 is 0 Å². The van der Waals surface area contributed by atoms with Crippen molar-refractivity contribution in [2.24, 2.45) is 5.92 Å². The summed E-state index contributed by atoms with van der Waals surface area (Å²) in [6.07, 6.45) is 3.85. The van der Waals surface area contributed by atoms with Gasteiger partial charge in [0.25, 0.3) is 0 Å². The van der Waals surface area contributed by atoms with Crippen LogP contribution in [0.3, 0.4) is 0 Å². The van der Waals surface area contributed by atoms with Crippen LogP contribution < -0.4 is 5.32 Å². The molecule has 86 valence electrons. The zero-order valence-corrected chi connectivity index (χ0v) is 10.9. The molecule has 0 aromatic carbocycles. The lowest BCUT2D eigenvalue weighted by Gasteiger charge is -2.17. The maximum atomic E-state index is 3.47. The van der Waals surface area contributed by atoms with Gasteiger partial charge < -0.3 is 5.32 Å². The van der Waals surface area contributed by atoms with Gasteiger partial charge in [0.1, 0.15) is 0 Å². The summed E-state index contributed by atoms with van der Waals surface area (Å²) in [4.78, 5) is 1.53. The van der Waals surface area contributed by atoms with Crippen molar-refractivity contribution in [2.45, 2.75) is 46.1 Å². The summed E-state index contributed by atoms with van der Waals surface area (Å²) in [5.74, 6) is 0.821. The van der Waals surface area contributed by atoms with E-state index >= 15 is 0 Å². The van der Waals surface area contributed by atoms with Crippen LogP contribution in [0.2, 0.25) is 0 Å². The van der Waals surface area contributed by atoms with Crippen LogP contribution in [0.25, 0.3) is 0 Å². The third-order valence-corrected chi connectivity index (χ3v) is 3.71. The average Bonchev–Trinajstić information content (AvgIpc) is 2.67. The molecular weight excluding hydrogens is 202 g/mol. The molecular formula is C13H23NS. The number of hydrogen-bond donors (Lipinski definition) is 1. The Kier molecular flexibility index (Phi) is 5.96. The molecule has 1 nitrogen and oxygen atoms in total. The van der Waals surface area contributed by atoms with E-state index in [0.29, 0.717) is 6.04 Å². The number of thiophene rings is 1. The first-order valence-corrected chi connectivity index (χ1v) is 6.86. The molecule has 0 aliphatic heterocycles. The molecule has 1 rings (SSSR count). The lowest BCUT2D eigenvalue weighted by atomic mass is 9.97. The zero-order valence-electron chi connectivity index (χ0n) is 10.1. The number of rotatable bonds is 7. The Bertz CT molecular complexity index is 243. The lowest BCUT2D eigenvalue weighted by molar-refractivity contribution is 0.409. The summed E-state index contributed by atoms with van der Waals surface area (Å²) >= 11 is 1.88. The molecule has 0 radical (unpaired) electrons. The largest absolute Gasteiger partial charge is 0.315 e. The Morgan fingerprint density at radius 3 is 2.80 bits per heavy atom. The van der Waals surface area contributed by atoms with E-state index in [4.69, 9.17) is 0 Å². The minimum absolute atomic E-state index is 0.660. The molecule has 0 spiro atoms. The first-order valence-electron chi connectivity index (χ1n) is 5.98. The van der Waals surface area contributed by atoms with E-state index in [2.05, 4.69) is 43.6 Å². The molecule has 0 saturated heterocycles. The van der Waals surface area contributed by atoms with Gasteiger partial charge in [-0.25, -0.2) is 0 Å². The van der Waals surface area contributed by atoms with Crippen molar-refractivity contribution in [3.63, 3.8) is 0 Å². The Morgan fingerprint density at radius 2 is 2.20 bits per heavy atom. The Hall–Kier alpha value is -0.340. The molecule has 0 aliphatic rings. The first-order chi connectivity index (χ1) is 7.22. The average molecular weight is 225 g/mol. The number of aryl methyl sites for hydroxylation is 1. The normalized spacial score (nSPS) is 15.1. The van der Waals surface area contributed by atoms with Crippen LogP contribution in [0.5, 0.6) is 0 Å². The maximum absolute atomic E-state index is 3.47. The molecule has 0 bridgehead atoms. The van der Waals surface area contributed by atoms with Gasteiger partial charge in [0, 0.05) is 10.9 Å². The third-order valence-electron chi connectivity index (χ3n) is 2.77. The summed E-state index contributed by atoms with van der Waals surface area (Å²) in [7, 11) is 0. The van der Waals surface area contributed by atoms with E-state index in [-0.39, 0.29) is 0 Å². The highest BCUT2D eigenvalue weighted by Crippen LogP contribution is 2.17. The SMILES string of the molecule is CCNC(C)CC(C)CCc1cccs1. The predicted octanol–water partition coefficient (Wildman–Crippen LogP) is 3.70. The van der Waals surface area contributed by atoms with E-state index in [9.17, 15) is 0 Å². The molecule has 0 saturated carbocycles. The lowest BCUT2D eigenvalue weighted by Crippen LogP contribution is -2.27. The topological polar surface area (TPSA) is 12.0 Å². The highest BCUT2D eigenvalue weighted by atomic mass is 32.1. The minimum Gasteiger partial charge on any atom is -0.315 e. The van der Waals surface area contributed by atoms with Crippen molar-refractivity contribution >= 4 is 11.3 Å². The Labute approximate surface area is 97.9 Å². The van der Waals surface area contributed by atoms with Crippen LogP contribution >= 0.6 is 11.3 Å². The van der Waals surface area contributed by atoms with Gasteiger partial charge in [-0.15, -0.1) is 11.3 Å². The monoisotopic (exact) mass is 225 g/mol. The van der Waals surface area contributed by atoms with Crippen LogP contribution in [0.1, 0.15) is 38.5 Å². The molecule has 0 fully saturated rings. The molecule has 0 aliphatic carbocycles. The number of nitrogens with one attached hydrogen (secondary N) is 1. The summed E-state index contributed by atoms with van der Waals surface area (Å²) in [5, 5.41) is 5.64. The Morgan fingerprint density at radius 1 is 1.40 bits per heavy atom. The van der Waals surface area contributed by atoms with Crippen LogP contribution in [0.15, 0.2) is 17.5 Å². The fourth-order valence-electron chi connectivity index (χ4n) is 2.00. The molecule has 2 heteroatoms. The second-order valence-corrected chi connectivity index (χ2v) is 5.45. The van der Waals surface area contributed by atoms with Crippen LogP contribution in [0.4, 0.5) is 0 Å².